The van der Waals surface area contributed by atoms with Crippen LogP contribution in [0.4, 0.5) is 17.1 Å². The van der Waals surface area contributed by atoms with Gasteiger partial charge in [0.15, 0.2) is 0 Å². The lowest BCUT2D eigenvalue weighted by atomic mass is 9.67. The zero-order valence-electron chi connectivity index (χ0n) is 37.8. The maximum absolute atomic E-state index is 2.47. The predicted molar refractivity (Wildman–Crippen MR) is 272 cm³/mol. The van der Waals surface area contributed by atoms with E-state index in [2.05, 4.69) is 271 Å². The first kappa shape index (κ1) is 40.8. The maximum atomic E-state index is 2.47. The number of hydrogen-bond donors (Lipinski definition) is 0. The predicted octanol–water partition coefficient (Wildman–Crippen LogP) is 17.1. The second kappa shape index (κ2) is 16.2. The van der Waals surface area contributed by atoms with Crippen LogP contribution < -0.4 is 4.90 Å². The molecule has 9 aromatic rings. The number of hydrogen-bond acceptors (Lipinski definition) is 1. The Labute approximate surface area is 380 Å². The highest BCUT2D eigenvalue weighted by molar-refractivity contribution is 5.90. The molecule has 1 nitrogen and oxygen atoms in total. The third kappa shape index (κ3) is 7.35. The lowest BCUT2D eigenvalue weighted by Crippen LogP contribution is -2.28. The van der Waals surface area contributed by atoms with Crippen molar-refractivity contribution >= 4 is 17.1 Å². The molecule has 9 aromatic carbocycles. The molecule has 1 atom stereocenters. The second-order valence-corrected chi connectivity index (χ2v) is 19.4. The summed E-state index contributed by atoms with van der Waals surface area (Å²) in [4.78, 5) is 2.42. The number of nitrogens with zero attached hydrogens (tertiary/aromatic N) is 1. The quantitative estimate of drug-likeness (QED) is 0.148. The standard InChI is InChI=1S/C63H55N/c1-61(2,3)52-40-49(41-53(42-52)62(4,5)6)48-26-32-51(33-27-48)63(50-22-14-9-15-23-50)59-25-17-16-24-57(59)58-39-38-56(43-60(58)63)64(54-34-28-46(29-35-54)44-18-10-7-11-19-44)55-36-30-47(31-37-55)45-20-12-8-13-21-45/h7-43H,1-6H3. The van der Waals surface area contributed by atoms with E-state index in [1.807, 2.05) is 0 Å². The molecule has 1 unspecified atom stereocenters. The molecule has 0 radical (unpaired) electrons. The summed E-state index contributed by atoms with van der Waals surface area (Å²) in [5.41, 5.74) is 20.4. The van der Waals surface area contributed by atoms with Crippen molar-refractivity contribution in [2.75, 3.05) is 4.90 Å². The van der Waals surface area contributed by atoms with Crippen LogP contribution in [0.2, 0.25) is 0 Å². The Morgan fingerprint density at radius 2 is 0.688 bits per heavy atom. The minimum Gasteiger partial charge on any atom is -0.310 e. The third-order valence-electron chi connectivity index (χ3n) is 13.3. The van der Waals surface area contributed by atoms with Crippen LogP contribution in [0.15, 0.2) is 224 Å². The summed E-state index contributed by atoms with van der Waals surface area (Å²) in [6.45, 7) is 13.9. The average Bonchev–Trinajstić information content (AvgIpc) is 3.62. The SMILES string of the molecule is CC(C)(C)c1cc(-c2ccc(C3(c4ccccc4)c4ccccc4-c4ccc(N(c5ccc(-c6ccccc6)cc5)c5ccc(-c6ccccc6)cc5)cc43)cc2)cc(C(C)(C)C)c1. The Balaban J connectivity index is 1.16. The Morgan fingerprint density at radius 3 is 1.20 bits per heavy atom. The monoisotopic (exact) mass is 825 g/mol. The second-order valence-electron chi connectivity index (χ2n) is 19.4. The molecule has 1 heteroatoms. The van der Waals surface area contributed by atoms with Crippen molar-refractivity contribution < 1.29 is 0 Å². The van der Waals surface area contributed by atoms with E-state index in [1.54, 1.807) is 0 Å². The largest absolute Gasteiger partial charge is 0.310 e. The minimum absolute atomic E-state index is 0.0318. The Morgan fingerprint density at radius 1 is 0.297 bits per heavy atom. The van der Waals surface area contributed by atoms with Crippen LogP contribution in [-0.2, 0) is 16.2 Å². The Hall–Kier alpha value is -7.22. The molecule has 0 amide bonds. The van der Waals surface area contributed by atoms with Crippen LogP contribution in [0.25, 0.3) is 44.5 Å². The zero-order chi connectivity index (χ0) is 44.1. The van der Waals surface area contributed by atoms with Crippen molar-refractivity contribution in [3.8, 4) is 44.5 Å². The summed E-state index contributed by atoms with van der Waals surface area (Å²) >= 11 is 0. The fourth-order valence-electron chi connectivity index (χ4n) is 9.77. The van der Waals surface area contributed by atoms with Crippen molar-refractivity contribution in [1.29, 1.82) is 0 Å². The van der Waals surface area contributed by atoms with Gasteiger partial charge < -0.3 is 4.90 Å². The normalized spacial score (nSPS) is 14.5. The first-order chi connectivity index (χ1) is 31.0. The first-order valence-electron chi connectivity index (χ1n) is 22.7. The van der Waals surface area contributed by atoms with E-state index in [1.165, 1.54) is 77.9 Å². The van der Waals surface area contributed by atoms with E-state index in [0.29, 0.717) is 0 Å². The summed E-state index contributed by atoms with van der Waals surface area (Å²) in [5.74, 6) is 0. The molecule has 0 saturated carbocycles. The highest BCUT2D eigenvalue weighted by atomic mass is 15.1. The molecule has 0 bridgehead atoms. The van der Waals surface area contributed by atoms with Gasteiger partial charge in [0.1, 0.15) is 0 Å². The highest BCUT2D eigenvalue weighted by Gasteiger charge is 2.46. The van der Waals surface area contributed by atoms with Crippen molar-refractivity contribution in [1.82, 2.24) is 0 Å². The molecule has 312 valence electrons. The van der Waals surface area contributed by atoms with Gasteiger partial charge in [0.2, 0.25) is 0 Å². The van der Waals surface area contributed by atoms with Gasteiger partial charge in [-0.25, -0.2) is 0 Å². The number of rotatable bonds is 8. The van der Waals surface area contributed by atoms with Gasteiger partial charge in [0.05, 0.1) is 5.41 Å². The van der Waals surface area contributed by atoms with Crippen molar-refractivity contribution in [3.05, 3.63) is 258 Å². The van der Waals surface area contributed by atoms with Gasteiger partial charge in [0, 0.05) is 17.1 Å². The molecule has 64 heavy (non-hydrogen) atoms. The van der Waals surface area contributed by atoms with Gasteiger partial charge in [-0.05, 0) is 125 Å². The molecule has 0 N–H and O–H groups in total. The van der Waals surface area contributed by atoms with Gasteiger partial charge in [-0.3, -0.25) is 0 Å². The summed E-state index contributed by atoms with van der Waals surface area (Å²) in [6, 6.07) is 83.3. The molecule has 0 fully saturated rings. The molecule has 0 spiro atoms. The number of fused-ring (bicyclic) bond motifs is 3. The molecule has 0 saturated heterocycles. The first-order valence-corrected chi connectivity index (χ1v) is 22.7. The van der Waals surface area contributed by atoms with Gasteiger partial charge in [-0.1, -0.05) is 230 Å². The Bertz CT molecular complexity index is 2940. The molecule has 0 aliphatic heterocycles. The van der Waals surface area contributed by atoms with Crippen LogP contribution in [-0.4, -0.2) is 0 Å². The van der Waals surface area contributed by atoms with E-state index in [9.17, 15) is 0 Å². The maximum Gasteiger partial charge on any atom is 0.0714 e. The smallest absolute Gasteiger partial charge is 0.0714 e. The van der Waals surface area contributed by atoms with Crippen molar-refractivity contribution in [3.63, 3.8) is 0 Å². The van der Waals surface area contributed by atoms with Crippen LogP contribution in [0.3, 0.4) is 0 Å². The number of anilines is 3. The molecule has 1 aliphatic rings. The van der Waals surface area contributed by atoms with E-state index in [0.717, 1.165) is 17.1 Å². The average molecular weight is 826 g/mol. The summed E-state index contributed by atoms with van der Waals surface area (Å²) in [5, 5.41) is 0. The fraction of sp³-hybridized carbons (Fsp3) is 0.143. The topological polar surface area (TPSA) is 3.24 Å². The fourth-order valence-corrected chi connectivity index (χ4v) is 9.77. The van der Waals surface area contributed by atoms with E-state index in [-0.39, 0.29) is 10.8 Å². The number of benzene rings is 9. The molecule has 1 aliphatic carbocycles. The lowest BCUT2D eigenvalue weighted by molar-refractivity contribution is 0.569. The highest BCUT2D eigenvalue weighted by Crippen LogP contribution is 2.57. The van der Waals surface area contributed by atoms with Crippen LogP contribution in [0.1, 0.15) is 74.9 Å². The Kier molecular flexibility index (Phi) is 10.3. The van der Waals surface area contributed by atoms with Gasteiger partial charge in [0.25, 0.3) is 0 Å². The minimum atomic E-state index is -0.564. The third-order valence-corrected chi connectivity index (χ3v) is 13.3. The zero-order valence-corrected chi connectivity index (χ0v) is 37.8. The van der Waals surface area contributed by atoms with Crippen molar-refractivity contribution in [2.45, 2.75) is 57.8 Å². The van der Waals surface area contributed by atoms with E-state index >= 15 is 0 Å². The summed E-state index contributed by atoms with van der Waals surface area (Å²) in [6.07, 6.45) is 0. The molecular formula is C63H55N. The molecule has 0 aromatic heterocycles. The van der Waals surface area contributed by atoms with Crippen molar-refractivity contribution in [2.24, 2.45) is 0 Å². The van der Waals surface area contributed by atoms with Crippen LogP contribution in [0.5, 0.6) is 0 Å². The van der Waals surface area contributed by atoms with Gasteiger partial charge >= 0.3 is 0 Å². The molecule has 10 rings (SSSR count). The van der Waals surface area contributed by atoms with Crippen LogP contribution >= 0.6 is 0 Å². The summed E-state index contributed by atoms with van der Waals surface area (Å²) < 4.78 is 0. The molecule has 0 heterocycles. The van der Waals surface area contributed by atoms with Gasteiger partial charge in [-0.15, -0.1) is 0 Å². The van der Waals surface area contributed by atoms with E-state index in [4.69, 9.17) is 0 Å². The van der Waals surface area contributed by atoms with E-state index < -0.39 is 5.41 Å². The van der Waals surface area contributed by atoms with Crippen LogP contribution in [0, 0.1) is 0 Å². The summed E-state index contributed by atoms with van der Waals surface area (Å²) in [7, 11) is 0. The lowest BCUT2D eigenvalue weighted by Gasteiger charge is -2.35. The molecular weight excluding hydrogens is 771 g/mol. The van der Waals surface area contributed by atoms with Gasteiger partial charge in [-0.2, -0.15) is 0 Å².